The molecule has 14 atom stereocenters. The number of aliphatic hydroxyl groups excluding tert-OH is 1. The zero-order valence-corrected chi connectivity index (χ0v) is 34.2. The van der Waals surface area contributed by atoms with Crippen LogP contribution in [0.4, 0.5) is 9.18 Å². The van der Waals surface area contributed by atoms with Crippen molar-refractivity contribution in [1.29, 1.82) is 0 Å². The molecule has 13 nitrogen and oxygen atoms in total. The maximum Gasteiger partial charge on any atom is 0.407 e. The third-order valence-electron chi connectivity index (χ3n) is 11.5. The van der Waals surface area contributed by atoms with Crippen molar-refractivity contribution in [2.45, 2.75) is 141 Å². The van der Waals surface area contributed by atoms with Gasteiger partial charge in [-0.05, 0) is 85.2 Å². The predicted molar refractivity (Wildman–Crippen MR) is 199 cm³/mol. The highest BCUT2D eigenvalue weighted by molar-refractivity contribution is 5.83. The second-order valence-electron chi connectivity index (χ2n) is 16.0. The van der Waals surface area contributed by atoms with E-state index < -0.39 is 83.7 Å². The molecule has 1 aromatic rings. The van der Waals surface area contributed by atoms with Gasteiger partial charge >= 0.3 is 12.1 Å². The van der Waals surface area contributed by atoms with E-state index in [-0.39, 0.29) is 43.1 Å². The van der Waals surface area contributed by atoms with Crippen molar-refractivity contribution in [3.8, 4) is 0 Å². The highest BCUT2D eigenvalue weighted by Gasteiger charge is 2.53. The Bertz CT molecular complexity index is 1380. The van der Waals surface area contributed by atoms with Crippen LogP contribution in [0.3, 0.4) is 0 Å². The lowest BCUT2D eigenvalue weighted by atomic mass is 9.73. The Morgan fingerprint density at radius 1 is 1.04 bits per heavy atom. The summed E-state index contributed by atoms with van der Waals surface area (Å²) in [5.74, 6) is -4.75. The molecule has 3 N–H and O–H groups in total. The molecule has 0 saturated carbocycles. The Labute approximate surface area is 320 Å². The number of benzene rings is 1. The lowest BCUT2D eigenvalue weighted by Crippen LogP contribution is -2.61. The van der Waals surface area contributed by atoms with E-state index >= 15 is 0 Å². The van der Waals surface area contributed by atoms with Crippen molar-refractivity contribution >= 4 is 17.8 Å². The predicted octanol–water partition coefficient (Wildman–Crippen LogP) is 4.28. The smallest absolute Gasteiger partial charge is 0.407 e. The molecule has 14 heteroatoms. The van der Waals surface area contributed by atoms with Gasteiger partial charge in [0.2, 0.25) is 0 Å². The normalized spacial score (nSPS) is 38.7. The van der Waals surface area contributed by atoms with E-state index in [0.717, 1.165) is 5.56 Å². The number of carbonyl (C=O) groups is 3. The Hall–Kier alpha value is -2.72. The van der Waals surface area contributed by atoms with Gasteiger partial charge in [0.25, 0.3) is 0 Å². The Kier molecular flexibility index (Phi) is 16.4. The molecule has 1 aromatic carbocycles. The highest BCUT2D eigenvalue weighted by Crippen LogP contribution is 2.40. The zero-order chi connectivity index (χ0) is 40.7. The van der Waals surface area contributed by atoms with Crippen LogP contribution < -0.4 is 5.32 Å². The molecule has 2 saturated heterocycles. The largest absolute Gasteiger partial charge is 0.459 e. The fourth-order valence-electron chi connectivity index (χ4n) is 8.34. The fraction of sp³-hybridized carbons (Fsp3) is 0.775. The Morgan fingerprint density at radius 3 is 2.22 bits per heavy atom. The van der Waals surface area contributed by atoms with Crippen molar-refractivity contribution in [3.05, 3.63) is 35.6 Å². The van der Waals surface area contributed by atoms with Gasteiger partial charge in [-0.3, -0.25) is 9.59 Å². The minimum Gasteiger partial charge on any atom is -0.459 e. The molecule has 0 bridgehead atoms. The van der Waals surface area contributed by atoms with E-state index in [4.69, 9.17) is 28.4 Å². The number of cyclic esters (lactones) is 1. The molecule has 0 aliphatic carbocycles. The number of ketones is 1. The molecule has 0 aromatic heterocycles. The molecule has 2 aliphatic rings. The molecular weight excluding hydrogens is 703 g/mol. The summed E-state index contributed by atoms with van der Waals surface area (Å²) >= 11 is 0. The van der Waals surface area contributed by atoms with E-state index in [2.05, 4.69) is 5.32 Å². The summed E-state index contributed by atoms with van der Waals surface area (Å²) in [6.07, 6.45) is -6.44. The van der Waals surface area contributed by atoms with E-state index in [0.29, 0.717) is 12.8 Å². The number of hydrogen-bond donors (Lipinski definition) is 3. The number of Topliss-reactive ketones (excluding diaryl/α,β-unsaturated/α-hetero) is 1. The summed E-state index contributed by atoms with van der Waals surface area (Å²) in [7, 11) is 6.61. The molecule has 1 amide bonds. The number of likely N-dealkylation sites (N-methyl/N-ethyl adjacent to an activating group) is 1. The van der Waals surface area contributed by atoms with Crippen LogP contribution in [0.5, 0.6) is 0 Å². The van der Waals surface area contributed by atoms with Crippen LogP contribution in [0.25, 0.3) is 0 Å². The lowest BCUT2D eigenvalue weighted by molar-refractivity contribution is -0.301. The van der Waals surface area contributed by atoms with Gasteiger partial charge in [-0.15, -0.1) is 0 Å². The number of nitrogens with one attached hydrogen (secondary N) is 1. The number of methoxy groups -OCH3 is 2. The van der Waals surface area contributed by atoms with Crippen molar-refractivity contribution < 1.29 is 57.4 Å². The maximum atomic E-state index is 14.1. The number of amides is 1. The highest BCUT2D eigenvalue weighted by atomic mass is 19.1. The summed E-state index contributed by atoms with van der Waals surface area (Å²) in [6, 6.07) is 5.61. The molecule has 0 spiro atoms. The lowest BCUT2D eigenvalue weighted by Gasteiger charge is -2.48. The first-order valence-electron chi connectivity index (χ1n) is 19.1. The van der Waals surface area contributed by atoms with Gasteiger partial charge in [0, 0.05) is 44.6 Å². The third-order valence-corrected chi connectivity index (χ3v) is 11.5. The van der Waals surface area contributed by atoms with E-state index in [9.17, 15) is 29.0 Å². The van der Waals surface area contributed by atoms with Crippen LogP contribution in [0, 0.1) is 29.5 Å². The van der Waals surface area contributed by atoms with Crippen LogP contribution >= 0.6 is 0 Å². The van der Waals surface area contributed by atoms with E-state index in [1.165, 1.54) is 33.3 Å². The van der Waals surface area contributed by atoms with Gasteiger partial charge in [-0.1, -0.05) is 39.8 Å². The van der Waals surface area contributed by atoms with Gasteiger partial charge < -0.3 is 48.9 Å². The summed E-state index contributed by atoms with van der Waals surface area (Å²) in [4.78, 5) is 43.7. The fourth-order valence-corrected chi connectivity index (χ4v) is 8.34. The minimum absolute atomic E-state index is 0.113. The Morgan fingerprint density at radius 2 is 1.67 bits per heavy atom. The topological polar surface area (TPSA) is 162 Å². The summed E-state index contributed by atoms with van der Waals surface area (Å²) in [6.45, 7) is 13.8. The van der Waals surface area contributed by atoms with Crippen molar-refractivity contribution in [1.82, 2.24) is 10.2 Å². The van der Waals surface area contributed by atoms with Crippen LogP contribution in [-0.4, -0.2) is 128 Å². The molecule has 0 unspecified atom stereocenters. The monoisotopic (exact) mass is 768 g/mol. The molecule has 308 valence electrons. The zero-order valence-electron chi connectivity index (χ0n) is 34.2. The second-order valence-corrected chi connectivity index (χ2v) is 16.0. The molecule has 2 heterocycles. The average Bonchev–Trinajstić information content (AvgIpc) is 3.12. The quantitative estimate of drug-likeness (QED) is 0.290. The standard InChI is InChI=1S/C40H65FN2O11/c1-13-30-40(8,48)35(49-11)24(4)31(44)22(2)21-39(7,50-12)34(54-37-32(45)29(43(9)10)20-23(3)51-37)25(5)33(26(6)36(46)52-30)53-38(47)42-19-18-27-14-16-28(41)17-15-27/h14-17,22-26,29-30,32-35,37,45,48H,13,18-21H2,1-12H3,(H,42,47)/t22-,23-,24-,25+,26-,29+,30-,32-,33+,34-,35-,37+,39-,40-/m1/s1. The number of esters is 1. The first kappa shape index (κ1) is 45.7. The van der Waals surface area contributed by atoms with Crippen LogP contribution in [0.1, 0.15) is 80.2 Å². The molecule has 0 radical (unpaired) electrons. The number of alkyl carbamates (subject to hydrolysis) is 1. The number of rotatable bonds is 10. The number of hydrogen-bond acceptors (Lipinski definition) is 12. The van der Waals surface area contributed by atoms with Gasteiger partial charge in [0.05, 0.1) is 29.8 Å². The van der Waals surface area contributed by atoms with Crippen molar-refractivity contribution in [3.63, 3.8) is 0 Å². The van der Waals surface area contributed by atoms with Gasteiger partial charge in [0.15, 0.2) is 6.29 Å². The number of aliphatic hydroxyl groups is 2. The van der Waals surface area contributed by atoms with E-state index in [1.807, 2.05) is 25.9 Å². The third kappa shape index (κ3) is 10.8. The first-order valence-corrected chi connectivity index (χ1v) is 19.1. The average molecular weight is 769 g/mol. The van der Waals surface area contributed by atoms with Crippen LogP contribution in [-0.2, 0) is 44.4 Å². The first-order chi connectivity index (χ1) is 25.2. The van der Waals surface area contributed by atoms with E-state index in [1.54, 1.807) is 53.7 Å². The van der Waals surface area contributed by atoms with Gasteiger partial charge in [-0.2, -0.15) is 0 Å². The number of ether oxygens (including phenoxy) is 6. The summed E-state index contributed by atoms with van der Waals surface area (Å²) in [5, 5.41) is 26.1. The molecule has 54 heavy (non-hydrogen) atoms. The minimum atomic E-state index is -1.78. The summed E-state index contributed by atoms with van der Waals surface area (Å²) in [5.41, 5.74) is -2.26. The molecule has 2 fully saturated rings. The van der Waals surface area contributed by atoms with Crippen LogP contribution in [0.15, 0.2) is 24.3 Å². The molecular formula is C40H65FN2O11. The number of carbonyl (C=O) groups excluding carboxylic acids is 3. The number of nitrogens with zero attached hydrogens (tertiary/aromatic N) is 1. The van der Waals surface area contributed by atoms with Crippen LogP contribution in [0.2, 0.25) is 0 Å². The Balaban J connectivity index is 2.13. The summed E-state index contributed by atoms with van der Waals surface area (Å²) < 4.78 is 50.4. The van der Waals surface area contributed by atoms with Crippen molar-refractivity contribution in [2.24, 2.45) is 23.7 Å². The second kappa shape index (κ2) is 19.4. The maximum absolute atomic E-state index is 14.1. The molecule has 2 aliphatic heterocycles. The van der Waals surface area contributed by atoms with Crippen molar-refractivity contribution in [2.75, 3.05) is 34.9 Å². The molecule has 3 rings (SSSR count). The SMILES string of the molecule is CC[C@H]1OC(=O)[C@H](C)[C@@H](OC(=O)NCCc2ccc(F)cc2)[C@H](C)[C@@H](O[C@@H]2O[C@H](C)C[C@H](N(C)C)[C@H]2O)[C@](C)(OC)C[C@@H](C)C(=O)[C@@H](C)[C@@H](OC)[C@]1(C)O. The van der Waals surface area contributed by atoms with Gasteiger partial charge in [-0.25, -0.2) is 9.18 Å². The number of halogens is 1. The van der Waals surface area contributed by atoms with Gasteiger partial charge in [0.1, 0.15) is 35.5 Å².